The summed E-state index contributed by atoms with van der Waals surface area (Å²) in [4.78, 5) is 11.6. The molecule has 0 saturated carbocycles. The molecule has 0 spiro atoms. The van der Waals surface area contributed by atoms with Crippen molar-refractivity contribution in [2.24, 2.45) is 0 Å². The number of hydrogen-bond donors (Lipinski definition) is 1. The number of hydrogen-bond acceptors (Lipinski definition) is 4. The van der Waals surface area contributed by atoms with E-state index in [1.807, 2.05) is 13.8 Å². The largest absolute Gasteiger partial charge is 0.479 e. The summed E-state index contributed by atoms with van der Waals surface area (Å²) < 4.78 is 27.7. The lowest BCUT2D eigenvalue weighted by Gasteiger charge is -2.17. The molecule has 0 bridgehead atoms. The van der Waals surface area contributed by atoms with Crippen LogP contribution in [0.3, 0.4) is 0 Å². The average molecular weight is 340 g/mol. The van der Waals surface area contributed by atoms with Gasteiger partial charge in [0.05, 0.1) is 9.92 Å². The fourth-order valence-corrected chi connectivity index (χ4v) is 2.44. The molecule has 0 aliphatic rings. The van der Waals surface area contributed by atoms with Crippen LogP contribution in [0.25, 0.3) is 0 Å². The molecular formula is C12H15Cl2NO4S. The maximum Gasteiger partial charge on any atom is 0.261 e. The van der Waals surface area contributed by atoms with Crippen LogP contribution in [0.15, 0.2) is 23.1 Å². The molecule has 1 amide bonds. The van der Waals surface area contributed by atoms with Crippen LogP contribution in [-0.2, 0) is 13.8 Å². The lowest BCUT2D eigenvalue weighted by molar-refractivity contribution is -0.127. The molecule has 0 aliphatic heterocycles. The first kappa shape index (κ1) is 17.1. The third-order valence-corrected chi connectivity index (χ3v) is 3.94. The molecule has 0 heterocycles. The number of nitrogens with one attached hydrogen (secondary N) is 1. The Hall–Kier alpha value is -0.980. The monoisotopic (exact) mass is 339 g/mol. The van der Waals surface area contributed by atoms with Gasteiger partial charge in [-0.3, -0.25) is 4.79 Å². The number of ether oxygens (including phenoxy) is 1. The van der Waals surface area contributed by atoms with Crippen molar-refractivity contribution in [1.82, 2.24) is 5.32 Å². The van der Waals surface area contributed by atoms with E-state index >= 15 is 0 Å². The van der Waals surface area contributed by atoms with Gasteiger partial charge in [-0.15, -0.1) is 0 Å². The smallest absolute Gasteiger partial charge is 0.261 e. The molecule has 0 radical (unpaired) electrons. The van der Waals surface area contributed by atoms with Gasteiger partial charge in [0.1, 0.15) is 5.75 Å². The van der Waals surface area contributed by atoms with Crippen LogP contribution in [0.2, 0.25) is 5.02 Å². The molecule has 0 aromatic heterocycles. The van der Waals surface area contributed by atoms with Crippen LogP contribution in [0.4, 0.5) is 0 Å². The fraction of sp³-hybridized carbons (Fsp3) is 0.417. The van der Waals surface area contributed by atoms with Gasteiger partial charge in [0.15, 0.2) is 6.10 Å². The summed E-state index contributed by atoms with van der Waals surface area (Å²) in [5, 5.41) is 2.76. The van der Waals surface area contributed by atoms with E-state index in [1.54, 1.807) is 6.92 Å². The number of carbonyl (C=O) groups is 1. The first-order chi connectivity index (χ1) is 9.11. The Labute approximate surface area is 127 Å². The molecular weight excluding hydrogens is 325 g/mol. The molecule has 20 heavy (non-hydrogen) atoms. The van der Waals surface area contributed by atoms with Crippen LogP contribution in [-0.4, -0.2) is 26.5 Å². The predicted molar refractivity (Wildman–Crippen MR) is 77.9 cm³/mol. The topological polar surface area (TPSA) is 72.5 Å². The highest BCUT2D eigenvalue weighted by atomic mass is 35.7. The Morgan fingerprint density at radius 2 is 1.90 bits per heavy atom. The molecule has 0 saturated heterocycles. The normalized spacial score (nSPS) is 13.1. The van der Waals surface area contributed by atoms with E-state index in [0.29, 0.717) is 0 Å². The summed E-state index contributed by atoms with van der Waals surface area (Å²) in [5.41, 5.74) is 0. The van der Waals surface area contributed by atoms with Crippen molar-refractivity contribution in [3.8, 4) is 5.75 Å². The highest BCUT2D eigenvalue weighted by Gasteiger charge is 2.18. The quantitative estimate of drug-likeness (QED) is 0.836. The van der Waals surface area contributed by atoms with E-state index in [4.69, 9.17) is 27.0 Å². The van der Waals surface area contributed by atoms with Gasteiger partial charge in [-0.05, 0) is 39.0 Å². The minimum absolute atomic E-state index is 0.00668. The summed E-state index contributed by atoms with van der Waals surface area (Å²) in [6.45, 7) is 5.23. The van der Waals surface area contributed by atoms with E-state index in [0.717, 1.165) is 0 Å². The standard InChI is InChI=1S/C12H15Cl2NO4S/c1-7(2)15-12(16)8(3)19-11-5-4-9(6-10(11)13)20(14,17)18/h4-8H,1-3H3,(H,15,16). The minimum Gasteiger partial charge on any atom is -0.479 e. The zero-order valence-electron chi connectivity index (χ0n) is 11.2. The summed E-state index contributed by atoms with van der Waals surface area (Å²) in [7, 11) is 1.36. The molecule has 0 fully saturated rings. The van der Waals surface area contributed by atoms with Crippen molar-refractivity contribution in [1.29, 1.82) is 0 Å². The van der Waals surface area contributed by atoms with Gasteiger partial charge < -0.3 is 10.1 Å². The lowest BCUT2D eigenvalue weighted by Crippen LogP contribution is -2.40. The van der Waals surface area contributed by atoms with Gasteiger partial charge in [0, 0.05) is 16.7 Å². The minimum atomic E-state index is -3.85. The van der Waals surface area contributed by atoms with Crippen LogP contribution >= 0.6 is 22.3 Å². The van der Waals surface area contributed by atoms with Gasteiger partial charge in [-0.1, -0.05) is 11.6 Å². The van der Waals surface area contributed by atoms with Crippen LogP contribution in [0.1, 0.15) is 20.8 Å². The fourth-order valence-electron chi connectivity index (χ4n) is 1.37. The van der Waals surface area contributed by atoms with Crippen molar-refractivity contribution in [2.45, 2.75) is 37.8 Å². The van der Waals surface area contributed by atoms with Crippen molar-refractivity contribution >= 4 is 37.2 Å². The average Bonchev–Trinajstić information content (AvgIpc) is 2.29. The van der Waals surface area contributed by atoms with Crippen molar-refractivity contribution < 1.29 is 17.9 Å². The van der Waals surface area contributed by atoms with Gasteiger partial charge in [-0.2, -0.15) is 0 Å². The Morgan fingerprint density at radius 1 is 1.30 bits per heavy atom. The number of benzene rings is 1. The van der Waals surface area contributed by atoms with Crippen molar-refractivity contribution in [2.75, 3.05) is 0 Å². The van der Waals surface area contributed by atoms with E-state index < -0.39 is 15.2 Å². The summed E-state index contributed by atoms with van der Waals surface area (Å²) in [6.07, 6.45) is -0.756. The summed E-state index contributed by atoms with van der Waals surface area (Å²) in [5.74, 6) is -0.0766. The third-order valence-electron chi connectivity index (χ3n) is 2.29. The maximum atomic E-state index is 11.7. The van der Waals surface area contributed by atoms with Crippen LogP contribution < -0.4 is 10.1 Å². The molecule has 1 aromatic carbocycles. The Bertz CT molecular complexity index is 601. The van der Waals surface area contributed by atoms with Gasteiger partial charge in [0.25, 0.3) is 15.0 Å². The molecule has 112 valence electrons. The second-order valence-electron chi connectivity index (χ2n) is 4.45. The van der Waals surface area contributed by atoms with E-state index in [1.165, 1.54) is 18.2 Å². The van der Waals surface area contributed by atoms with Crippen LogP contribution in [0.5, 0.6) is 5.75 Å². The zero-order chi connectivity index (χ0) is 15.5. The molecule has 1 aromatic rings. The molecule has 1 N–H and O–H groups in total. The number of rotatable bonds is 5. The highest BCUT2D eigenvalue weighted by Crippen LogP contribution is 2.29. The number of amides is 1. The number of carbonyl (C=O) groups excluding carboxylic acids is 1. The number of halogens is 2. The van der Waals surface area contributed by atoms with Crippen LogP contribution in [0, 0.1) is 0 Å². The molecule has 5 nitrogen and oxygen atoms in total. The molecule has 0 aliphatic carbocycles. The van der Waals surface area contributed by atoms with Gasteiger partial charge >= 0.3 is 0 Å². The molecule has 1 unspecified atom stereocenters. The molecule has 1 rings (SSSR count). The lowest BCUT2D eigenvalue weighted by atomic mass is 10.3. The maximum absolute atomic E-state index is 11.7. The first-order valence-electron chi connectivity index (χ1n) is 5.82. The summed E-state index contributed by atoms with van der Waals surface area (Å²) >= 11 is 5.91. The SMILES string of the molecule is CC(C)NC(=O)C(C)Oc1ccc(S(=O)(=O)Cl)cc1Cl. The van der Waals surface area contributed by atoms with E-state index in [2.05, 4.69) is 5.32 Å². The van der Waals surface area contributed by atoms with Gasteiger partial charge in [-0.25, -0.2) is 8.42 Å². The molecule has 8 heteroatoms. The van der Waals surface area contributed by atoms with Crippen molar-refractivity contribution in [3.63, 3.8) is 0 Å². The Balaban J connectivity index is 2.87. The second kappa shape index (κ2) is 6.65. The second-order valence-corrected chi connectivity index (χ2v) is 7.43. The molecule has 1 atom stereocenters. The van der Waals surface area contributed by atoms with Gasteiger partial charge in [0.2, 0.25) is 0 Å². The zero-order valence-corrected chi connectivity index (χ0v) is 13.5. The van der Waals surface area contributed by atoms with E-state index in [9.17, 15) is 13.2 Å². The predicted octanol–water partition coefficient (Wildman–Crippen LogP) is 2.56. The Morgan fingerprint density at radius 3 is 2.35 bits per heavy atom. The third kappa shape index (κ3) is 4.85. The highest BCUT2D eigenvalue weighted by molar-refractivity contribution is 8.13. The Kier molecular flexibility index (Phi) is 5.68. The van der Waals surface area contributed by atoms with E-state index in [-0.39, 0.29) is 27.6 Å². The van der Waals surface area contributed by atoms with Crippen molar-refractivity contribution in [3.05, 3.63) is 23.2 Å². The summed E-state index contributed by atoms with van der Waals surface area (Å²) in [6, 6.07) is 3.78. The first-order valence-corrected chi connectivity index (χ1v) is 8.51.